The number of rotatable bonds is 10. The van der Waals surface area contributed by atoms with Crippen molar-refractivity contribution in [1.29, 1.82) is 0 Å². The van der Waals surface area contributed by atoms with E-state index in [1.807, 2.05) is 62.5 Å². The molecule has 36 heavy (non-hydrogen) atoms. The summed E-state index contributed by atoms with van der Waals surface area (Å²) >= 11 is 3.74. The van der Waals surface area contributed by atoms with Crippen molar-refractivity contribution in [3.63, 3.8) is 0 Å². The van der Waals surface area contributed by atoms with E-state index in [0.717, 1.165) is 51.9 Å². The zero-order valence-corrected chi connectivity index (χ0v) is 22.5. The maximum atomic E-state index is 5.86. The van der Waals surface area contributed by atoms with Crippen LogP contribution in [0.25, 0.3) is 44.0 Å². The highest BCUT2D eigenvalue weighted by Gasteiger charge is 2.17. The van der Waals surface area contributed by atoms with Crippen molar-refractivity contribution in [1.82, 2.24) is 19.9 Å². The monoisotopic (exact) mass is 514 g/mol. The molecule has 184 valence electrons. The summed E-state index contributed by atoms with van der Waals surface area (Å²) < 4.78 is 7.15. The minimum absolute atomic E-state index is 0.660. The Bertz CT molecular complexity index is 1430. The molecule has 0 unspecified atom stereocenters. The molecule has 1 N–H and O–H groups in total. The molecule has 5 nitrogen and oxygen atoms in total. The Morgan fingerprint density at radius 3 is 2.50 bits per heavy atom. The van der Waals surface area contributed by atoms with Gasteiger partial charge in [0.1, 0.15) is 18.2 Å². The van der Waals surface area contributed by atoms with E-state index in [4.69, 9.17) is 9.72 Å². The summed E-state index contributed by atoms with van der Waals surface area (Å²) in [7, 11) is 4.09. The average molecular weight is 515 g/mol. The third-order valence-electron chi connectivity index (χ3n) is 5.88. The summed E-state index contributed by atoms with van der Waals surface area (Å²) in [5, 5.41) is 3.60. The number of H-pyrrole nitrogens is 1. The number of likely N-dealkylation sites (N-methyl/N-ethyl adjacent to an activating group) is 1. The van der Waals surface area contributed by atoms with Crippen LogP contribution in [0.2, 0.25) is 0 Å². The van der Waals surface area contributed by atoms with Crippen molar-refractivity contribution in [2.45, 2.75) is 18.2 Å². The Hall–Kier alpha value is -3.13. The van der Waals surface area contributed by atoms with Gasteiger partial charge < -0.3 is 14.6 Å². The summed E-state index contributed by atoms with van der Waals surface area (Å²) in [6, 6.07) is 18.9. The first-order chi connectivity index (χ1) is 17.6. The lowest BCUT2D eigenvalue weighted by molar-refractivity contribution is 0.261. The smallest absolute Gasteiger partial charge is 0.138 e. The largest absolute Gasteiger partial charge is 0.492 e. The first kappa shape index (κ1) is 24.6. The van der Waals surface area contributed by atoms with E-state index >= 15 is 0 Å². The summed E-state index contributed by atoms with van der Waals surface area (Å²) in [5.41, 5.74) is 5.13. The number of fused-ring (bicyclic) bond motifs is 1. The maximum absolute atomic E-state index is 5.86. The van der Waals surface area contributed by atoms with Crippen LogP contribution in [-0.2, 0) is 0 Å². The van der Waals surface area contributed by atoms with Crippen LogP contribution in [0.4, 0.5) is 0 Å². The fraction of sp³-hybridized carbons (Fsp3) is 0.241. The molecule has 0 aliphatic carbocycles. The zero-order chi connectivity index (χ0) is 24.9. The number of pyridine rings is 1. The van der Waals surface area contributed by atoms with Crippen LogP contribution in [0, 0.1) is 0 Å². The van der Waals surface area contributed by atoms with E-state index < -0.39 is 0 Å². The van der Waals surface area contributed by atoms with Crippen LogP contribution >= 0.6 is 23.1 Å². The second-order valence-corrected chi connectivity index (χ2v) is 10.9. The Balaban J connectivity index is 1.49. The summed E-state index contributed by atoms with van der Waals surface area (Å²) in [4.78, 5) is 16.3. The van der Waals surface area contributed by atoms with Crippen molar-refractivity contribution in [3.05, 3.63) is 72.4 Å². The van der Waals surface area contributed by atoms with Gasteiger partial charge in [0.15, 0.2) is 0 Å². The van der Waals surface area contributed by atoms with Gasteiger partial charge in [0.05, 0.1) is 11.4 Å². The zero-order valence-electron chi connectivity index (χ0n) is 20.8. The topological polar surface area (TPSA) is 54.0 Å². The molecule has 0 fully saturated rings. The number of imidazole rings is 1. The number of thioether (sulfide) groups is 1. The standard InChI is InChI=1S/C29H30N4OS2/c1-4-17-35-26-19-36-25-18-22(7-10-24(25)26)28-27(20-11-13-30-14-12-20)31-29(32-28)21-5-8-23(9-6-21)34-16-15-33(2)3/h5-14,18-19H,4,15-17H2,1-3H3,(H,31,32). The molecule has 0 radical (unpaired) electrons. The molecule has 0 spiro atoms. The third kappa shape index (κ3) is 5.48. The lowest BCUT2D eigenvalue weighted by Crippen LogP contribution is -2.19. The van der Waals surface area contributed by atoms with Gasteiger partial charge >= 0.3 is 0 Å². The molecule has 3 aromatic heterocycles. The van der Waals surface area contributed by atoms with Gasteiger partial charge in [-0.05, 0) is 68.7 Å². The van der Waals surface area contributed by atoms with Gasteiger partial charge in [-0.1, -0.05) is 19.1 Å². The molecular formula is C29H30N4OS2. The number of thiophene rings is 1. The lowest BCUT2D eigenvalue weighted by atomic mass is 10.1. The fourth-order valence-corrected chi connectivity index (χ4v) is 6.08. The van der Waals surface area contributed by atoms with Crippen LogP contribution in [0.3, 0.4) is 0 Å². The predicted molar refractivity (Wildman–Crippen MR) is 153 cm³/mol. The van der Waals surface area contributed by atoms with Gasteiger partial charge in [-0.25, -0.2) is 4.98 Å². The number of hydrogen-bond donors (Lipinski definition) is 1. The molecule has 0 bridgehead atoms. The van der Waals surface area contributed by atoms with Gasteiger partial charge in [0, 0.05) is 56.0 Å². The Kier molecular flexibility index (Phi) is 7.70. The molecule has 2 aromatic carbocycles. The fourth-order valence-electron chi connectivity index (χ4n) is 3.98. The summed E-state index contributed by atoms with van der Waals surface area (Å²) in [5.74, 6) is 2.84. The van der Waals surface area contributed by atoms with Crippen LogP contribution in [0.15, 0.2) is 77.3 Å². The predicted octanol–water partition coefficient (Wildman–Crippen LogP) is 7.46. The van der Waals surface area contributed by atoms with Gasteiger partial charge in [-0.2, -0.15) is 0 Å². The van der Waals surface area contributed by atoms with Gasteiger partial charge in [-0.15, -0.1) is 23.1 Å². The molecule has 0 atom stereocenters. The van der Waals surface area contributed by atoms with Gasteiger partial charge in [-0.3, -0.25) is 4.98 Å². The first-order valence-electron chi connectivity index (χ1n) is 12.1. The van der Waals surface area contributed by atoms with Crippen LogP contribution < -0.4 is 4.74 Å². The minimum Gasteiger partial charge on any atom is -0.492 e. The van der Waals surface area contributed by atoms with Crippen LogP contribution in [0.1, 0.15) is 13.3 Å². The van der Waals surface area contributed by atoms with E-state index in [1.54, 1.807) is 11.3 Å². The highest BCUT2D eigenvalue weighted by Crippen LogP contribution is 2.39. The Morgan fingerprint density at radius 2 is 1.75 bits per heavy atom. The first-order valence-corrected chi connectivity index (χ1v) is 14.0. The molecule has 0 aliphatic heterocycles. The number of aromatic nitrogens is 3. The molecular weight excluding hydrogens is 484 g/mol. The number of aromatic amines is 1. The van der Waals surface area contributed by atoms with Gasteiger partial charge in [0.25, 0.3) is 0 Å². The minimum atomic E-state index is 0.660. The van der Waals surface area contributed by atoms with E-state index in [-0.39, 0.29) is 0 Å². The number of nitrogens with zero attached hydrogens (tertiary/aromatic N) is 3. The van der Waals surface area contributed by atoms with E-state index in [0.29, 0.717) is 6.61 Å². The number of nitrogens with one attached hydrogen (secondary N) is 1. The lowest BCUT2D eigenvalue weighted by Gasteiger charge is -2.11. The highest BCUT2D eigenvalue weighted by molar-refractivity contribution is 7.99. The molecule has 7 heteroatoms. The van der Waals surface area contributed by atoms with E-state index in [1.165, 1.54) is 21.4 Å². The van der Waals surface area contributed by atoms with Crippen molar-refractivity contribution in [2.75, 3.05) is 33.0 Å². The van der Waals surface area contributed by atoms with Crippen molar-refractivity contribution in [2.24, 2.45) is 0 Å². The Morgan fingerprint density at radius 1 is 0.972 bits per heavy atom. The summed E-state index contributed by atoms with van der Waals surface area (Å²) in [6.07, 6.45) is 4.81. The second kappa shape index (κ2) is 11.3. The summed E-state index contributed by atoms with van der Waals surface area (Å²) in [6.45, 7) is 3.76. The number of hydrogen-bond acceptors (Lipinski definition) is 6. The second-order valence-electron chi connectivity index (χ2n) is 8.88. The van der Waals surface area contributed by atoms with Crippen molar-refractivity contribution >= 4 is 33.2 Å². The third-order valence-corrected chi connectivity index (χ3v) is 8.24. The molecule has 0 aliphatic rings. The normalized spacial score (nSPS) is 11.4. The van der Waals surface area contributed by atoms with Crippen LogP contribution in [-0.4, -0.2) is 52.9 Å². The molecule has 0 amide bonds. The molecule has 5 aromatic rings. The SMILES string of the molecule is CCCSc1csc2cc(-c3nc(-c4ccc(OCCN(C)C)cc4)[nH]c3-c3ccncc3)ccc12. The average Bonchev–Trinajstić information content (AvgIpc) is 3.52. The van der Waals surface area contributed by atoms with Crippen molar-refractivity contribution in [3.8, 4) is 39.7 Å². The Labute approximate surface area is 220 Å². The molecule has 0 saturated carbocycles. The number of ether oxygens (including phenoxy) is 1. The van der Waals surface area contributed by atoms with Crippen LogP contribution in [0.5, 0.6) is 5.75 Å². The molecule has 0 saturated heterocycles. The highest BCUT2D eigenvalue weighted by atomic mass is 32.2. The number of benzene rings is 2. The van der Waals surface area contributed by atoms with E-state index in [2.05, 4.69) is 57.5 Å². The maximum Gasteiger partial charge on any atom is 0.138 e. The molecule has 3 heterocycles. The quantitative estimate of drug-likeness (QED) is 0.196. The van der Waals surface area contributed by atoms with E-state index in [9.17, 15) is 0 Å². The molecule has 5 rings (SSSR count). The van der Waals surface area contributed by atoms with Gasteiger partial charge in [0.2, 0.25) is 0 Å². The van der Waals surface area contributed by atoms with Crippen molar-refractivity contribution < 1.29 is 4.74 Å².